The van der Waals surface area contributed by atoms with Crippen molar-refractivity contribution in [1.82, 2.24) is 20.3 Å². The molecule has 7 nitrogen and oxygen atoms in total. The average Bonchev–Trinajstić information content (AvgIpc) is 3.19. The van der Waals surface area contributed by atoms with Gasteiger partial charge in [0.15, 0.2) is 0 Å². The van der Waals surface area contributed by atoms with E-state index in [4.69, 9.17) is 9.57 Å². The van der Waals surface area contributed by atoms with Crippen LogP contribution in [0.25, 0.3) is 5.76 Å². The maximum atomic E-state index is 9.84. The van der Waals surface area contributed by atoms with Gasteiger partial charge in [0, 0.05) is 38.1 Å². The Morgan fingerprint density at radius 3 is 2.85 bits per heavy atom. The summed E-state index contributed by atoms with van der Waals surface area (Å²) in [5, 5.41) is 2.60. The van der Waals surface area contributed by atoms with E-state index in [1.165, 1.54) is 0 Å². The maximum Gasteiger partial charge on any atom is 0.207 e. The normalized spacial score (nSPS) is 10.5. The highest BCUT2D eigenvalue weighted by Crippen LogP contribution is 2.20. The molecule has 0 saturated carbocycles. The molecule has 0 aliphatic rings. The molecule has 0 aliphatic heterocycles. The first-order valence-corrected chi connectivity index (χ1v) is 8.56. The molecule has 1 aromatic heterocycles. The minimum atomic E-state index is 0.716. The SMILES string of the molecule is CC/C=C(\ONC)c1cccc(OC)c1.O=CNCCCn1ccnc1. The van der Waals surface area contributed by atoms with Gasteiger partial charge in [-0.25, -0.2) is 4.98 Å². The number of benzene rings is 1. The van der Waals surface area contributed by atoms with E-state index in [0.29, 0.717) is 6.41 Å². The molecule has 26 heavy (non-hydrogen) atoms. The van der Waals surface area contributed by atoms with Crippen LogP contribution in [0.1, 0.15) is 25.3 Å². The first kappa shape index (κ1) is 21.2. The van der Waals surface area contributed by atoms with E-state index < -0.39 is 0 Å². The van der Waals surface area contributed by atoms with Gasteiger partial charge in [-0.15, -0.1) is 0 Å². The third kappa shape index (κ3) is 8.34. The summed E-state index contributed by atoms with van der Waals surface area (Å²) < 4.78 is 7.14. The van der Waals surface area contributed by atoms with Crippen LogP contribution in [0.2, 0.25) is 0 Å². The smallest absolute Gasteiger partial charge is 0.207 e. The number of imidazole rings is 1. The largest absolute Gasteiger partial charge is 0.497 e. The Labute approximate surface area is 155 Å². The number of nitrogens with one attached hydrogen (secondary N) is 2. The molecule has 7 heteroatoms. The zero-order chi connectivity index (χ0) is 19.0. The number of nitrogens with zero attached hydrogens (tertiary/aromatic N) is 2. The van der Waals surface area contributed by atoms with E-state index in [-0.39, 0.29) is 0 Å². The Morgan fingerprint density at radius 2 is 2.23 bits per heavy atom. The number of methoxy groups -OCH3 is 1. The van der Waals surface area contributed by atoms with Crippen LogP contribution in [-0.4, -0.2) is 36.7 Å². The topological polar surface area (TPSA) is 77.4 Å². The highest BCUT2D eigenvalue weighted by atomic mass is 16.6. The van der Waals surface area contributed by atoms with Crippen molar-refractivity contribution in [2.24, 2.45) is 0 Å². The van der Waals surface area contributed by atoms with Crippen molar-refractivity contribution in [3.05, 3.63) is 54.6 Å². The van der Waals surface area contributed by atoms with Gasteiger partial charge in [-0.1, -0.05) is 19.1 Å². The lowest BCUT2D eigenvalue weighted by molar-refractivity contribution is -0.109. The number of aryl methyl sites for hydroxylation is 1. The summed E-state index contributed by atoms with van der Waals surface area (Å²) in [7, 11) is 3.39. The molecule has 0 spiro atoms. The molecule has 0 atom stereocenters. The standard InChI is InChI=1S/C12H17NO2.C7H11N3O/c1-4-6-12(15-13-2)10-7-5-8-11(9-10)14-3;11-7-9-2-1-4-10-5-3-8-6-10/h5-9,13H,4H2,1-3H3;3,5-7H,1-2,4H2,(H,9,11)/b12-6-;. The number of ether oxygens (including phenoxy) is 1. The molecule has 2 aromatic rings. The van der Waals surface area contributed by atoms with E-state index in [2.05, 4.69) is 22.7 Å². The van der Waals surface area contributed by atoms with E-state index in [0.717, 1.165) is 43.0 Å². The first-order valence-electron chi connectivity index (χ1n) is 8.56. The van der Waals surface area contributed by atoms with Gasteiger partial charge in [-0.05, 0) is 31.1 Å². The van der Waals surface area contributed by atoms with Crippen molar-refractivity contribution in [3.8, 4) is 5.75 Å². The summed E-state index contributed by atoms with van der Waals surface area (Å²) in [6.45, 7) is 3.70. The molecule has 0 fully saturated rings. The third-order valence-electron chi connectivity index (χ3n) is 3.34. The molecule has 0 bridgehead atoms. The van der Waals surface area contributed by atoms with Gasteiger partial charge in [0.25, 0.3) is 0 Å². The van der Waals surface area contributed by atoms with Gasteiger partial charge in [0.1, 0.15) is 11.5 Å². The second-order valence-electron chi connectivity index (χ2n) is 5.24. The molecular formula is C19H28N4O3. The Hall–Kier alpha value is -2.80. The van der Waals surface area contributed by atoms with Crippen molar-refractivity contribution in [2.45, 2.75) is 26.3 Å². The Kier molecular flexibility index (Phi) is 11.0. The van der Waals surface area contributed by atoms with Crippen LogP contribution < -0.4 is 15.5 Å². The highest BCUT2D eigenvalue weighted by Gasteiger charge is 2.03. The predicted molar refractivity (Wildman–Crippen MR) is 102 cm³/mol. The van der Waals surface area contributed by atoms with Crippen LogP contribution in [0.5, 0.6) is 5.75 Å². The minimum absolute atomic E-state index is 0.716. The molecule has 1 heterocycles. The molecule has 0 unspecified atom stereocenters. The monoisotopic (exact) mass is 360 g/mol. The van der Waals surface area contributed by atoms with Crippen LogP contribution in [0, 0.1) is 0 Å². The van der Waals surface area contributed by atoms with Crippen LogP contribution in [0.15, 0.2) is 49.1 Å². The second-order valence-corrected chi connectivity index (χ2v) is 5.24. The summed E-state index contributed by atoms with van der Waals surface area (Å²) in [5.41, 5.74) is 3.68. The summed E-state index contributed by atoms with van der Waals surface area (Å²) in [5.74, 6) is 1.65. The molecule has 2 N–H and O–H groups in total. The van der Waals surface area contributed by atoms with Gasteiger partial charge >= 0.3 is 0 Å². The lowest BCUT2D eigenvalue weighted by Gasteiger charge is -2.09. The van der Waals surface area contributed by atoms with Gasteiger partial charge in [-0.2, -0.15) is 5.48 Å². The Morgan fingerprint density at radius 1 is 1.38 bits per heavy atom. The van der Waals surface area contributed by atoms with E-state index >= 15 is 0 Å². The van der Waals surface area contributed by atoms with Gasteiger partial charge in [-0.3, -0.25) is 4.79 Å². The summed E-state index contributed by atoms with van der Waals surface area (Å²) >= 11 is 0. The van der Waals surface area contributed by atoms with Crippen LogP contribution in [0.4, 0.5) is 0 Å². The Bertz CT molecular complexity index is 642. The number of carbonyl (C=O) groups is 1. The fraction of sp³-hybridized carbons (Fsp3) is 0.368. The molecule has 2 rings (SSSR count). The predicted octanol–water partition coefficient (Wildman–Crippen LogP) is 2.62. The number of carbonyl (C=O) groups excluding carboxylic acids is 1. The van der Waals surface area contributed by atoms with Crippen molar-refractivity contribution < 1.29 is 14.4 Å². The second kappa shape index (κ2) is 13.5. The average molecular weight is 360 g/mol. The number of hydroxylamine groups is 1. The van der Waals surface area contributed by atoms with E-state index in [1.807, 2.05) is 41.1 Å². The van der Waals surface area contributed by atoms with Gasteiger partial charge < -0.3 is 19.5 Å². The van der Waals surface area contributed by atoms with Crippen molar-refractivity contribution in [1.29, 1.82) is 0 Å². The number of hydrogen-bond donors (Lipinski definition) is 2. The number of aromatic nitrogens is 2. The molecule has 0 aliphatic carbocycles. The fourth-order valence-electron chi connectivity index (χ4n) is 2.13. The van der Waals surface area contributed by atoms with E-state index in [9.17, 15) is 4.79 Å². The van der Waals surface area contributed by atoms with Crippen molar-refractivity contribution in [3.63, 3.8) is 0 Å². The summed E-state index contributed by atoms with van der Waals surface area (Å²) in [6, 6.07) is 7.78. The molecular weight excluding hydrogens is 332 g/mol. The number of amides is 1. The zero-order valence-corrected chi connectivity index (χ0v) is 15.6. The Balaban J connectivity index is 0.000000273. The van der Waals surface area contributed by atoms with Crippen LogP contribution in [-0.2, 0) is 16.2 Å². The van der Waals surface area contributed by atoms with Crippen molar-refractivity contribution >= 4 is 12.2 Å². The lowest BCUT2D eigenvalue weighted by atomic mass is 10.1. The number of hydrogen-bond acceptors (Lipinski definition) is 5. The first-order chi connectivity index (χ1) is 12.7. The van der Waals surface area contributed by atoms with Crippen molar-refractivity contribution in [2.75, 3.05) is 20.7 Å². The molecule has 0 radical (unpaired) electrons. The van der Waals surface area contributed by atoms with Crippen LogP contribution >= 0.6 is 0 Å². The van der Waals surface area contributed by atoms with Gasteiger partial charge in [0.05, 0.1) is 13.4 Å². The number of allylic oxidation sites excluding steroid dienone is 1. The van der Waals surface area contributed by atoms with Gasteiger partial charge in [0.2, 0.25) is 6.41 Å². The lowest BCUT2D eigenvalue weighted by Crippen LogP contribution is -2.13. The fourth-order valence-corrected chi connectivity index (χ4v) is 2.13. The summed E-state index contributed by atoms with van der Waals surface area (Å²) in [6.07, 6.45) is 10.0. The van der Waals surface area contributed by atoms with E-state index in [1.54, 1.807) is 26.7 Å². The number of rotatable bonds is 10. The third-order valence-corrected chi connectivity index (χ3v) is 3.34. The molecule has 142 valence electrons. The quantitative estimate of drug-likeness (QED) is 0.295. The molecule has 1 aromatic carbocycles. The molecule has 0 saturated heterocycles. The maximum absolute atomic E-state index is 9.84. The molecule has 1 amide bonds. The van der Waals surface area contributed by atoms with Crippen LogP contribution in [0.3, 0.4) is 0 Å². The highest BCUT2D eigenvalue weighted by molar-refractivity contribution is 5.61. The minimum Gasteiger partial charge on any atom is -0.497 e. The zero-order valence-electron chi connectivity index (χ0n) is 15.6. The summed E-state index contributed by atoms with van der Waals surface area (Å²) in [4.78, 5) is 19.1.